The second-order valence-corrected chi connectivity index (χ2v) is 9.89. The van der Waals surface area contributed by atoms with Gasteiger partial charge >= 0.3 is 18.1 Å². The van der Waals surface area contributed by atoms with Gasteiger partial charge in [0.15, 0.2) is 15.1 Å². The molecular formula is C23H26ClF3O7S. The van der Waals surface area contributed by atoms with E-state index in [1.807, 2.05) is 6.92 Å². The van der Waals surface area contributed by atoms with Gasteiger partial charge in [-0.3, -0.25) is 9.59 Å². The molecule has 0 aliphatic heterocycles. The lowest BCUT2D eigenvalue weighted by Gasteiger charge is -2.15. The molecule has 2 rings (SSSR count). The molecule has 0 aliphatic rings. The van der Waals surface area contributed by atoms with Crippen molar-refractivity contribution in [3.05, 3.63) is 64.7 Å². The normalized spacial score (nSPS) is 12.4. The van der Waals surface area contributed by atoms with E-state index < -0.39 is 50.1 Å². The van der Waals surface area contributed by atoms with Gasteiger partial charge in [-0.05, 0) is 55.2 Å². The zero-order valence-corrected chi connectivity index (χ0v) is 20.4. The van der Waals surface area contributed by atoms with Crippen molar-refractivity contribution in [1.82, 2.24) is 0 Å². The summed E-state index contributed by atoms with van der Waals surface area (Å²) in [5.74, 6) is -2.36. The third-order valence-electron chi connectivity index (χ3n) is 4.58. The standard InChI is InChI=1S/C19H18ClF3O5S.C4H8O2/c20-15-6-4-13(5-7-15)8-10-28-11-9-17(18(24)25)29(26,27)16-3-1-2-14(12-16)19(21,22)23;1-2-3-4(5)6/h1-7,12,17H,8-11H2,(H,24,25);2-3H2,1H3,(H,5,6). The van der Waals surface area contributed by atoms with Crippen LogP contribution in [0, 0.1) is 0 Å². The summed E-state index contributed by atoms with van der Waals surface area (Å²) in [5.41, 5.74) is -0.234. The molecule has 0 aromatic heterocycles. The maximum atomic E-state index is 12.8. The van der Waals surface area contributed by atoms with Crippen LogP contribution in [-0.4, -0.2) is 49.0 Å². The van der Waals surface area contributed by atoms with Gasteiger partial charge in [0, 0.05) is 18.1 Å². The van der Waals surface area contributed by atoms with E-state index in [1.54, 1.807) is 24.3 Å². The number of carbonyl (C=O) groups is 2. The predicted octanol–water partition coefficient (Wildman–Crippen LogP) is 5.11. The SMILES string of the molecule is CCCC(=O)O.O=C(O)C(CCOCCc1ccc(Cl)cc1)S(=O)(=O)c1cccc(C(F)(F)F)c1. The summed E-state index contributed by atoms with van der Waals surface area (Å²) < 4.78 is 68.9. The smallest absolute Gasteiger partial charge is 0.416 e. The molecule has 7 nitrogen and oxygen atoms in total. The molecule has 0 amide bonds. The van der Waals surface area contributed by atoms with Crippen LogP contribution in [0.1, 0.15) is 37.3 Å². The van der Waals surface area contributed by atoms with Crippen LogP contribution in [0.25, 0.3) is 0 Å². The van der Waals surface area contributed by atoms with Crippen molar-refractivity contribution in [2.24, 2.45) is 0 Å². The van der Waals surface area contributed by atoms with Crippen molar-refractivity contribution in [3.8, 4) is 0 Å². The molecule has 1 atom stereocenters. The van der Waals surface area contributed by atoms with Crippen LogP contribution >= 0.6 is 11.6 Å². The minimum Gasteiger partial charge on any atom is -0.481 e. The molecule has 0 saturated heterocycles. The molecule has 0 heterocycles. The third kappa shape index (κ3) is 10.7. The highest BCUT2D eigenvalue weighted by Crippen LogP contribution is 2.31. The summed E-state index contributed by atoms with van der Waals surface area (Å²) in [7, 11) is -4.52. The molecule has 0 saturated carbocycles. The van der Waals surface area contributed by atoms with Crippen molar-refractivity contribution in [2.75, 3.05) is 13.2 Å². The van der Waals surface area contributed by atoms with E-state index in [1.165, 1.54) is 0 Å². The Morgan fingerprint density at radius 2 is 1.69 bits per heavy atom. The van der Waals surface area contributed by atoms with Gasteiger partial charge in [-0.25, -0.2) is 8.42 Å². The summed E-state index contributed by atoms with van der Waals surface area (Å²) in [5, 5.41) is 15.9. The van der Waals surface area contributed by atoms with E-state index in [-0.39, 0.29) is 13.2 Å². The number of benzene rings is 2. The van der Waals surface area contributed by atoms with Gasteiger partial charge in [-0.15, -0.1) is 0 Å². The van der Waals surface area contributed by atoms with Crippen molar-refractivity contribution >= 4 is 33.4 Å². The highest BCUT2D eigenvalue weighted by molar-refractivity contribution is 7.92. The second kappa shape index (κ2) is 14.1. The average Bonchev–Trinajstić information content (AvgIpc) is 2.77. The lowest BCUT2D eigenvalue weighted by Crippen LogP contribution is -2.32. The number of ether oxygens (including phenoxy) is 1. The molecule has 35 heavy (non-hydrogen) atoms. The fourth-order valence-electron chi connectivity index (χ4n) is 2.77. The first-order valence-electron chi connectivity index (χ1n) is 10.5. The Hall–Kier alpha value is -2.63. The molecule has 12 heteroatoms. The van der Waals surface area contributed by atoms with Crippen molar-refractivity contribution < 1.29 is 46.1 Å². The van der Waals surface area contributed by atoms with Crippen LogP contribution in [0.3, 0.4) is 0 Å². The third-order valence-corrected chi connectivity index (χ3v) is 6.93. The lowest BCUT2D eigenvalue weighted by atomic mass is 10.2. The van der Waals surface area contributed by atoms with E-state index in [0.717, 1.165) is 24.1 Å². The van der Waals surface area contributed by atoms with Crippen molar-refractivity contribution in [2.45, 2.75) is 48.9 Å². The number of hydrogen-bond acceptors (Lipinski definition) is 5. The first-order valence-corrected chi connectivity index (χ1v) is 12.4. The number of rotatable bonds is 11. The maximum absolute atomic E-state index is 12.8. The van der Waals surface area contributed by atoms with Crippen LogP contribution in [0.4, 0.5) is 13.2 Å². The van der Waals surface area contributed by atoms with E-state index in [0.29, 0.717) is 30.0 Å². The first kappa shape index (κ1) is 30.4. The van der Waals surface area contributed by atoms with Crippen LogP contribution in [0.15, 0.2) is 53.4 Å². The van der Waals surface area contributed by atoms with Gasteiger partial charge in [0.2, 0.25) is 0 Å². The van der Waals surface area contributed by atoms with Crippen LogP contribution in [0.2, 0.25) is 5.02 Å². The molecule has 2 aromatic carbocycles. The Balaban J connectivity index is 0.000000905. The Labute approximate surface area is 206 Å². The van der Waals surface area contributed by atoms with E-state index in [4.69, 9.17) is 21.4 Å². The zero-order valence-electron chi connectivity index (χ0n) is 18.8. The number of sulfone groups is 1. The number of halogens is 4. The molecule has 2 N–H and O–H groups in total. The Morgan fingerprint density at radius 3 is 2.17 bits per heavy atom. The van der Waals surface area contributed by atoms with Gasteiger partial charge in [0.1, 0.15) is 0 Å². The van der Waals surface area contributed by atoms with E-state index in [2.05, 4.69) is 0 Å². The number of alkyl halides is 3. The van der Waals surface area contributed by atoms with Crippen LogP contribution in [0.5, 0.6) is 0 Å². The van der Waals surface area contributed by atoms with Crippen molar-refractivity contribution in [3.63, 3.8) is 0 Å². The highest BCUT2D eigenvalue weighted by atomic mass is 35.5. The van der Waals surface area contributed by atoms with Gasteiger partial charge < -0.3 is 14.9 Å². The number of carboxylic acid groups (broad SMARTS) is 2. The fourth-order valence-corrected chi connectivity index (χ4v) is 4.46. The quantitative estimate of drug-likeness (QED) is 0.382. The summed E-state index contributed by atoms with van der Waals surface area (Å²) in [6.07, 6.45) is -3.60. The highest BCUT2D eigenvalue weighted by Gasteiger charge is 2.36. The fraction of sp³-hybridized carbons (Fsp3) is 0.391. The molecule has 0 aliphatic carbocycles. The minimum absolute atomic E-state index is 0.178. The van der Waals surface area contributed by atoms with Crippen molar-refractivity contribution in [1.29, 1.82) is 0 Å². The summed E-state index contributed by atoms with van der Waals surface area (Å²) in [4.78, 5) is 20.4. The molecule has 1 unspecified atom stereocenters. The van der Waals surface area contributed by atoms with E-state index >= 15 is 0 Å². The molecule has 0 fully saturated rings. The van der Waals surface area contributed by atoms with Gasteiger partial charge in [-0.1, -0.05) is 36.7 Å². The maximum Gasteiger partial charge on any atom is 0.416 e. The van der Waals surface area contributed by atoms with Gasteiger partial charge in [-0.2, -0.15) is 13.2 Å². The number of carboxylic acids is 2. The molecule has 194 valence electrons. The summed E-state index contributed by atoms with van der Waals surface area (Å²) in [6.45, 7) is 1.88. The minimum atomic E-state index is -4.74. The van der Waals surface area contributed by atoms with Crippen LogP contribution in [-0.2, 0) is 36.8 Å². The second-order valence-electron chi connectivity index (χ2n) is 7.32. The molecule has 0 bridgehead atoms. The first-order chi connectivity index (χ1) is 16.3. The Kier molecular flexibility index (Phi) is 12.2. The molecular weight excluding hydrogens is 513 g/mol. The largest absolute Gasteiger partial charge is 0.481 e. The van der Waals surface area contributed by atoms with E-state index in [9.17, 15) is 36.3 Å². The topological polar surface area (TPSA) is 118 Å². The number of hydrogen-bond donors (Lipinski definition) is 2. The number of aliphatic carboxylic acids is 2. The monoisotopic (exact) mass is 538 g/mol. The summed E-state index contributed by atoms with van der Waals surface area (Å²) in [6, 6.07) is 10.0. The molecule has 0 spiro atoms. The van der Waals surface area contributed by atoms with Gasteiger partial charge in [0.05, 0.1) is 17.1 Å². The summed E-state index contributed by atoms with van der Waals surface area (Å²) >= 11 is 5.78. The molecule has 2 aromatic rings. The van der Waals surface area contributed by atoms with Crippen LogP contribution < -0.4 is 0 Å². The molecule has 0 radical (unpaired) electrons. The lowest BCUT2D eigenvalue weighted by molar-refractivity contribution is -0.138. The average molecular weight is 539 g/mol. The van der Waals surface area contributed by atoms with Gasteiger partial charge in [0.25, 0.3) is 0 Å². The Morgan fingerprint density at radius 1 is 1.06 bits per heavy atom. The predicted molar refractivity (Wildman–Crippen MR) is 123 cm³/mol. The Bertz CT molecular complexity index is 1070. The zero-order chi connectivity index (χ0) is 26.6.